The topological polar surface area (TPSA) is 74.2 Å². The van der Waals surface area contributed by atoms with E-state index in [0.29, 0.717) is 11.3 Å². The number of phenols is 1. The Morgan fingerprint density at radius 3 is 2.50 bits per heavy atom. The molecule has 26 heavy (non-hydrogen) atoms. The molecule has 2 N–H and O–H groups in total. The molecular formula is C20H25N3O3. The monoisotopic (exact) mass is 355 g/mol. The van der Waals surface area contributed by atoms with Crippen LogP contribution in [-0.4, -0.2) is 36.9 Å². The quantitative estimate of drug-likeness (QED) is 0.564. The Morgan fingerprint density at radius 1 is 1.19 bits per heavy atom. The van der Waals surface area contributed by atoms with Crippen LogP contribution >= 0.6 is 0 Å². The molecule has 0 aliphatic carbocycles. The van der Waals surface area contributed by atoms with E-state index >= 15 is 0 Å². The number of carbonyl (C=O) groups is 1. The summed E-state index contributed by atoms with van der Waals surface area (Å²) in [7, 11) is 0. The molecule has 0 atom stereocenters. The van der Waals surface area contributed by atoms with Crippen LogP contribution in [0, 0.1) is 6.92 Å². The lowest BCUT2D eigenvalue weighted by atomic mass is 10.2. The van der Waals surface area contributed by atoms with Gasteiger partial charge in [0.15, 0.2) is 6.61 Å². The molecule has 138 valence electrons. The minimum atomic E-state index is -0.374. The fourth-order valence-electron chi connectivity index (χ4n) is 2.42. The van der Waals surface area contributed by atoms with Gasteiger partial charge in [0.25, 0.3) is 5.91 Å². The zero-order chi connectivity index (χ0) is 18.9. The van der Waals surface area contributed by atoms with Crippen molar-refractivity contribution in [2.45, 2.75) is 20.8 Å². The number of carbonyl (C=O) groups excluding carboxylic acids is 1. The summed E-state index contributed by atoms with van der Waals surface area (Å²) in [6.45, 7) is 7.69. The van der Waals surface area contributed by atoms with Crippen molar-refractivity contribution in [2.24, 2.45) is 5.10 Å². The molecule has 0 aliphatic heterocycles. The second-order valence-electron chi connectivity index (χ2n) is 5.81. The van der Waals surface area contributed by atoms with Crippen LogP contribution in [-0.2, 0) is 4.79 Å². The van der Waals surface area contributed by atoms with Gasteiger partial charge >= 0.3 is 0 Å². The van der Waals surface area contributed by atoms with Crippen LogP contribution in [0.2, 0.25) is 0 Å². The highest BCUT2D eigenvalue weighted by molar-refractivity contribution is 5.86. The molecule has 6 nitrogen and oxygen atoms in total. The van der Waals surface area contributed by atoms with Crippen molar-refractivity contribution in [3.63, 3.8) is 0 Å². The van der Waals surface area contributed by atoms with Crippen LogP contribution in [0.4, 0.5) is 5.69 Å². The summed E-state index contributed by atoms with van der Waals surface area (Å²) >= 11 is 0. The lowest BCUT2D eigenvalue weighted by Gasteiger charge is -2.21. The summed E-state index contributed by atoms with van der Waals surface area (Å²) in [6, 6.07) is 12.8. The number of hydrogen-bond acceptors (Lipinski definition) is 5. The Labute approximate surface area is 154 Å². The molecule has 0 radical (unpaired) electrons. The number of nitrogens with zero attached hydrogens (tertiary/aromatic N) is 2. The fraction of sp³-hybridized carbons (Fsp3) is 0.300. The van der Waals surface area contributed by atoms with E-state index in [9.17, 15) is 9.90 Å². The van der Waals surface area contributed by atoms with Gasteiger partial charge in [0.1, 0.15) is 11.5 Å². The predicted octanol–water partition coefficient (Wildman–Crippen LogP) is 3.08. The van der Waals surface area contributed by atoms with E-state index in [1.54, 1.807) is 24.3 Å². The zero-order valence-corrected chi connectivity index (χ0v) is 15.4. The van der Waals surface area contributed by atoms with Gasteiger partial charge in [-0.15, -0.1) is 0 Å². The van der Waals surface area contributed by atoms with E-state index < -0.39 is 0 Å². The third-order valence-electron chi connectivity index (χ3n) is 3.93. The van der Waals surface area contributed by atoms with Gasteiger partial charge in [-0.3, -0.25) is 4.79 Å². The fourth-order valence-corrected chi connectivity index (χ4v) is 2.42. The number of anilines is 1. The third kappa shape index (κ3) is 5.51. The van der Waals surface area contributed by atoms with Gasteiger partial charge in [0.05, 0.1) is 6.21 Å². The molecule has 2 aromatic rings. The maximum absolute atomic E-state index is 11.8. The minimum Gasteiger partial charge on any atom is -0.507 e. The molecule has 2 aromatic carbocycles. The minimum absolute atomic E-state index is 0.114. The smallest absolute Gasteiger partial charge is 0.277 e. The molecule has 0 unspecified atom stereocenters. The molecular weight excluding hydrogens is 330 g/mol. The Bertz CT molecular complexity index is 753. The molecule has 0 spiro atoms. The Hall–Kier alpha value is -3.02. The molecule has 0 saturated carbocycles. The molecule has 6 heteroatoms. The van der Waals surface area contributed by atoms with Gasteiger partial charge in [-0.1, -0.05) is 17.7 Å². The van der Waals surface area contributed by atoms with Crippen molar-refractivity contribution in [3.05, 3.63) is 53.6 Å². The average Bonchev–Trinajstić information content (AvgIpc) is 2.64. The maximum atomic E-state index is 11.8. The standard InChI is InChI=1S/C20H25N3O3/c1-4-23(5-2)17-9-8-16(19(24)12-17)13-21-22-20(25)14-26-18-10-6-15(3)7-11-18/h6-13,24H,4-5,14H2,1-3H3,(H,22,25)/b21-13+. The summed E-state index contributed by atoms with van der Waals surface area (Å²) in [5, 5.41) is 14.0. The van der Waals surface area contributed by atoms with E-state index in [0.717, 1.165) is 24.3 Å². The van der Waals surface area contributed by atoms with E-state index in [-0.39, 0.29) is 18.3 Å². The third-order valence-corrected chi connectivity index (χ3v) is 3.93. The van der Waals surface area contributed by atoms with Crippen LogP contribution in [0.25, 0.3) is 0 Å². The highest BCUT2D eigenvalue weighted by Crippen LogP contribution is 2.23. The normalized spacial score (nSPS) is 10.7. The number of nitrogens with one attached hydrogen (secondary N) is 1. The average molecular weight is 355 g/mol. The van der Waals surface area contributed by atoms with Gasteiger partial charge in [0, 0.05) is 30.4 Å². The summed E-state index contributed by atoms with van der Waals surface area (Å²) in [4.78, 5) is 13.9. The van der Waals surface area contributed by atoms with E-state index in [1.165, 1.54) is 6.21 Å². The van der Waals surface area contributed by atoms with Crippen molar-refractivity contribution in [1.29, 1.82) is 0 Å². The Balaban J connectivity index is 1.87. The first kappa shape index (κ1) is 19.3. The SMILES string of the molecule is CCN(CC)c1ccc(/C=N/NC(=O)COc2ccc(C)cc2)c(O)c1. The van der Waals surface area contributed by atoms with E-state index in [1.807, 2.05) is 25.1 Å². The lowest BCUT2D eigenvalue weighted by molar-refractivity contribution is -0.123. The van der Waals surface area contributed by atoms with E-state index in [4.69, 9.17) is 4.74 Å². The molecule has 0 bridgehead atoms. The molecule has 0 fully saturated rings. The summed E-state index contributed by atoms with van der Waals surface area (Å²) in [5.74, 6) is 0.365. The first-order valence-corrected chi connectivity index (χ1v) is 8.62. The van der Waals surface area contributed by atoms with Crippen molar-refractivity contribution < 1.29 is 14.6 Å². The maximum Gasteiger partial charge on any atom is 0.277 e. The second kappa shape index (κ2) is 9.46. The highest BCUT2D eigenvalue weighted by Gasteiger charge is 2.06. The number of hydrogen-bond donors (Lipinski definition) is 2. The number of aromatic hydroxyl groups is 1. The Morgan fingerprint density at radius 2 is 1.88 bits per heavy atom. The van der Waals surface area contributed by atoms with Crippen molar-refractivity contribution in [3.8, 4) is 11.5 Å². The van der Waals surface area contributed by atoms with Crippen molar-refractivity contribution >= 4 is 17.8 Å². The van der Waals surface area contributed by atoms with Crippen LogP contribution in [0.15, 0.2) is 47.6 Å². The molecule has 0 saturated heterocycles. The predicted molar refractivity (Wildman–Crippen MR) is 104 cm³/mol. The number of benzene rings is 2. The highest BCUT2D eigenvalue weighted by atomic mass is 16.5. The van der Waals surface area contributed by atoms with Crippen molar-refractivity contribution in [1.82, 2.24) is 5.43 Å². The summed E-state index contributed by atoms with van der Waals surface area (Å²) in [5.41, 5.74) is 4.98. The first-order valence-electron chi connectivity index (χ1n) is 8.62. The zero-order valence-electron chi connectivity index (χ0n) is 15.4. The van der Waals surface area contributed by atoms with Gasteiger partial charge in [-0.25, -0.2) is 5.43 Å². The lowest BCUT2D eigenvalue weighted by Crippen LogP contribution is -2.24. The second-order valence-corrected chi connectivity index (χ2v) is 5.81. The largest absolute Gasteiger partial charge is 0.507 e. The van der Waals surface area contributed by atoms with Crippen molar-refractivity contribution in [2.75, 3.05) is 24.6 Å². The molecule has 2 rings (SSSR count). The first-order chi connectivity index (χ1) is 12.5. The summed E-state index contributed by atoms with van der Waals surface area (Å²) in [6.07, 6.45) is 1.41. The van der Waals surface area contributed by atoms with Gasteiger partial charge < -0.3 is 14.7 Å². The van der Waals surface area contributed by atoms with Gasteiger partial charge in [0.2, 0.25) is 0 Å². The number of aryl methyl sites for hydroxylation is 1. The molecule has 0 aromatic heterocycles. The van der Waals surface area contributed by atoms with Gasteiger partial charge in [-0.05, 0) is 45.0 Å². The number of hydrazone groups is 1. The molecule has 1 amide bonds. The number of phenolic OH excluding ortho intramolecular Hbond substituents is 1. The number of amides is 1. The van der Waals surface area contributed by atoms with Crippen LogP contribution in [0.1, 0.15) is 25.0 Å². The number of rotatable bonds is 8. The van der Waals surface area contributed by atoms with Crippen LogP contribution in [0.3, 0.4) is 0 Å². The van der Waals surface area contributed by atoms with Gasteiger partial charge in [-0.2, -0.15) is 5.10 Å². The van der Waals surface area contributed by atoms with Crippen LogP contribution in [0.5, 0.6) is 11.5 Å². The van der Waals surface area contributed by atoms with Crippen LogP contribution < -0.4 is 15.1 Å². The number of ether oxygens (including phenoxy) is 1. The van der Waals surface area contributed by atoms with E-state index in [2.05, 4.69) is 29.3 Å². The molecule has 0 heterocycles. The molecule has 0 aliphatic rings. The Kier molecular flexibility index (Phi) is 7.02. The summed E-state index contributed by atoms with van der Waals surface area (Å²) < 4.78 is 5.38.